The Bertz CT molecular complexity index is 168. The first-order valence-corrected chi connectivity index (χ1v) is 4.51. The molecule has 0 unspecified atom stereocenters. The molecule has 0 radical (unpaired) electrons. The zero-order valence-electron chi connectivity index (χ0n) is 9.30. The van der Waals surface area contributed by atoms with E-state index in [1.54, 1.807) is 0 Å². The molecule has 70 valence electrons. The van der Waals surface area contributed by atoms with Crippen molar-refractivity contribution in [1.29, 1.82) is 0 Å². The van der Waals surface area contributed by atoms with E-state index in [2.05, 4.69) is 12.7 Å². The van der Waals surface area contributed by atoms with E-state index in [0.29, 0.717) is 0 Å². The summed E-state index contributed by atoms with van der Waals surface area (Å²) in [5.74, 6) is 0. The minimum Gasteiger partial charge on any atom is -0.193 e. The van der Waals surface area contributed by atoms with Crippen LogP contribution in [-0.2, 0) is 0 Å². The molecule has 0 amide bonds. The molecule has 0 bridgehead atoms. The summed E-state index contributed by atoms with van der Waals surface area (Å²) in [4.78, 5) is 0. The average molecular weight is 430 g/mol. The predicted octanol–water partition coefficient (Wildman–Crippen LogP) is 4.08. The van der Waals surface area contributed by atoms with E-state index in [-0.39, 0.29) is 0 Å². The molecule has 0 aliphatic heterocycles. The fraction of sp³-hybridized carbons (Fsp3) is 0.333. The molecular weight excluding hydrogens is 411 g/mol. The van der Waals surface area contributed by atoms with Crippen LogP contribution < -0.4 is 0 Å². The van der Waals surface area contributed by atoms with Crippen molar-refractivity contribution in [1.82, 2.24) is 0 Å². The summed E-state index contributed by atoms with van der Waals surface area (Å²) in [6, 6.07) is 9.84. The molecule has 0 saturated carbocycles. The van der Waals surface area contributed by atoms with E-state index in [4.69, 9.17) is 0 Å². The second-order valence-corrected chi connectivity index (χ2v) is 1.54. The Hall–Kier alpha value is -2.04. The van der Waals surface area contributed by atoms with Gasteiger partial charge in [-0.2, -0.15) is 30.4 Å². The van der Waals surface area contributed by atoms with Crippen LogP contribution in [0.2, 0.25) is 0 Å². The molecule has 0 saturated heterocycles. The van der Waals surface area contributed by atoms with Crippen LogP contribution in [0, 0.1) is 6.08 Å². The number of rotatable bonds is 1. The monoisotopic (exact) mass is 430 g/mol. The second kappa shape index (κ2) is 16.5. The summed E-state index contributed by atoms with van der Waals surface area (Å²) < 4.78 is 0. The molecule has 0 heterocycles. The van der Waals surface area contributed by atoms with Crippen LogP contribution in [0.15, 0.2) is 36.9 Å². The van der Waals surface area contributed by atoms with Gasteiger partial charge in [-0.1, -0.05) is 33.8 Å². The van der Waals surface area contributed by atoms with Gasteiger partial charge in [0, 0.05) is 0 Å². The molecule has 0 spiro atoms. The zero-order chi connectivity index (χ0) is 9.82. The van der Waals surface area contributed by atoms with E-state index in [0.717, 1.165) is 5.56 Å². The Labute approximate surface area is 76.9 Å². The van der Waals surface area contributed by atoms with Crippen molar-refractivity contribution in [3.63, 3.8) is 0 Å². The third-order valence-corrected chi connectivity index (χ3v) is 0.978. The molecule has 1 heteroatoms. The van der Waals surface area contributed by atoms with Gasteiger partial charge in [-0.05, 0) is 0 Å². The average Bonchev–Trinajstić information content (AvgIpc) is 2.25. The number of benzene rings is 1. The molecule has 0 N–H and O–H groups in total. The first-order valence-electron chi connectivity index (χ1n) is 4.51. The molecule has 13 heavy (non-hydrogen) atoms. The van der Waals surface area contributed by atoms with Gasteiger partial charge in [0.05, 0.1) is 0 Å². The first-order chi connectivity index (χ1) is 5.93. The quantitative estimate of drug-likeness (QED) is 0.590. The largest absolute Gasteiger partial charge is 0.193 e. The molecule has 0 atom stereocenters. The van der Waals surface area contributed by atoms with E-state index >= 15 is 0 Å². The molecule has 1 aromatic carbocycles. The van der Waals surface area contributed by atoms with Gasteiger partial charge in [-0.25, -0.2) is 0 Å². The molecule has 0 aromatic heterocycles. The van der Waals surface area contributed by atoms with Gasteiger partial charge in [0.25, 0.3) is 0 Å². The standard InChI is InChI=1S/C8H7.2C2H6.Rf/c1-2-8-6-4-3-5-7-8;2*1-2;/h3-7H,1H2;2*1-2H3;/q-1;;;. The Balaban J connectivity index is -0.000000178. The van der Waals surface area contributed by atoms with Crippen LogP contribution in [-0.4, -0.2) is 0 Å². The van der Waals surface area contributed by atoms with Crippen molar-refractivity contribution < 1.29 is 0 Å². The van der Waals surface area contributed by atoms with Crippen molar-refractivity contribution in [2.75, 3.05) is 0 Å². The SMILES string of the molecule is C=[C-]c1ccccc1.CC.CC.[Rf]. The van der Waals surface area contributed by atoms with Gasteiger partial charge in [-0.3, -0.25) is 0 Å². The molecule has 0 nitrogen and oxygen atoms in total. The summed E-state index contributed by atoms with van der Waals surface area (Å²) in [6.45, 7) is 11.5. The molecule has 0 aliphatic carbocycles. The Kier molecular flexibility index (Phi) is 21.8. The van der Waals surface area contributed by atoms with Crippen LogP contribution in [0.25, 0.3) is 0 Å². The third-order valence-electron chi connectivity index (χ3n) is 0.978. The summed E-state index contributed by atoms with van der Waals surface area (Å²) in [5, 5.41) is 0. The topological polar surface area (TPSA) is 0 Å². The minimum absolute atomic E-state index is 0. The maximum absolute atomic E-state index is 3.51. The van der Waals surface area contributed by atoms with Crippen LogP contribution >= 0.6 is 0 Å². The van der Waals surface area contributed by atoms with Crippen LogP contribution in [0.5, 0.6) is 0 Å². The van der Waals surface area contributed by atoms with Crippen molar-refractivity contribution in [3.05, 3.63) is 48.6 Å². The van der Waals surface area contributed by atoms with Gasteiger partial charge in [-0.15, -0.1) is 12.1 Å². The van der Waals surface area contributed by atoms with E-state index in [9.17, 15) is 0 Å². The van der Waals surface area contributed by atoms with Gasteiger partial charge in [0.2, 0.25) is 0 Å². The fourth-order valence-electron chi connectivity index (χ4n) is 0.556. The maximum Gasteiger partial charge on any atom is 0 e. The van der Waals surface area contributed by atoms with Gasteiger partial charge in [0.1, 0.15) is 0 Å². The predicted molar refractivity (Wildman–Crippen MR) is 57.1 cm³/mol. The molecule has 1 aromatic rings. The fourth-order valence-corrected chi connectivity index (χ4v) is 0.556. The summed E-state index contributed by atoms with van der Waals surface area (Å²) in [7, 11) is 0. The second-order valence-electron chi connectivity index (χ2n) is 1.54. The van der Waals surface area contributed by atoms with E-state index in [1.165, 1.54) is 0 Å². The van der Waals surface area contributed by atoms with Crippen LogP contribution in [0.4, 0.5) is 0 Å². The summed E-state index contributed by atoms with van der Waals surface area (Å²) in [5.41, 5.74) is 1.05. The Morgan fingerprint density at radius 1 is 0.923 bits per heavy atom. The van der Waals surface area contributed by atoms with Crippen molar-refractivity contribution in [2.24, 2.45) is 0 Å². The van der Waals surface area contributed by atoms with Crippen LogP contribution in [0.3, 0.4) is 0 Å². The van der Waals surface area contributed by atoms with Crippen molar-refractivity contribution >= 4 is 0 Å². The minimum atomic E-state index is 0. The van der Waals surface area contributed by atoms with Gasteiger partial charge >= 0.3 is 0 Å². The summed E-state index contributed by atoms with van der Waals surface area (Å²) in [6.07, 6.45) is 2.78. The molecule has 0 aliphatic rings. The van der Waals surface area contributed by atoms with E-state index in [1.807, 2.05) is 58.0 Å². The normalized spacial score (nSPS) is 6.15. The Morgan fingerprint density at radius 3 is 1.54 bits per heavy atom. The van der Waals surface area contributed by atoms with E-state index < -0.39 is 0 Å². The van der Waals surface area contributed by atoms with Crippen molar-refractivity contribution in [3.8, 4) is 0 Å². The Morgan fingerprint density at radius 2 is 1.31 bits per heavy atom. The van der Waals surface area contributed by atoms with Crippen LogP contribution in [0.1, 0.15) is 33.3 Å². The number of hydrogen-bond acceptors (Lipinski definition) is 0. The first kappa shape index (κ1) is 17.2. The summed E-state index contributed by atoms with van der Waals surface area (Å²) >= 11 is 0. The smallest absolute Gasteiger partial charge is 0 e. The van der Waals surface area contributed by atoms with Gasteiger partial charge in [0.15, 0.2) is 0 Å². The molecular formula is C12H19Rf-. The molecule has 0 fully saturated rings. The number of hydrogen-bond donors (Lipinski definition) is 0. The van der Waals surface area contributed by atoms with Gasteiger partial charge < -0.3 is 0 Å². The van der Waals surface area contributed by atoms with Crippen molar-refractivity contribution in [2.45, 2.75) is 27.7 Å². The maximum atomic E-state index is 3.51. The third kappa shape index (κ3) is 9.96. The molecule has 1 rings (SSSR count). The zero-order valence-corrected chi connectivity index (χ0v) is 15.7.